The van der Waals surface area contributed by atoms with Crippen molar-refractivity contribution in [2.24, 2.45) is 18.7 Å². The second kappa shape index (κ2) is 7.24. The van der Waals surface area contributed by atoms with Crippen LogP contribution in [-0.2, 0) is 21.9 Å². The normalized spacial score (nSPS) is 21.7. The topological polar surface area (TPSA) is 106 Å². The molecule has 1 atom stereocenters. The Labute approximate surface area is 153 Å². The summed E-state index contributed by atoms with van der Waals surface area (Å²) in [5.74, 6) is -0.552. The Hall–Kier alpha value is -2.13. The number of hydrogen-bond donors (Lipinski definition) is 1. The first kappa shape index (κ1) is 18.7. The van der Waals surface area contributed by atoms with Crippen LogP contribution in [0.4, 0.5) is 0 Å². The number of primary amides is 1. The quantitative estimate of drug-likeness (QED) is 0.759. The van der Waals surface area contributed by atoms with Gasteiger partial charge in [0.05, 0.1) is 0 Å². The van der Waals surface area contributed by atoms with Crippen molar-refractivity contribution in [3.63, 3.8) is 0 Å². The number of hydrogen-bond acceptors (Lipinski definition) is 4. The molecular formula is C17H24N4O4S. The van der Waals surface area contributed by atoms with Crippen LogP contribution in [0, 0.1) is 5.92 Å². The summed E-state index contributed by atoms with van der Waals surface area (Å²) < 4.78 is 28.4. The van der Waals surface area contributed by atoms with Crippen LogP contribution >= 0.6 is 0 Å². The second-order valence-electron chi connectivity index (χ2n) is 6.75. The zero-order chi connectivity index (χ0) is 18.9. The van der Waals surface area contributed by atoms with Crippen molar-refractivity contribution in [3.8, 4) is 0 Å². The molecule has 1 fully saturated rings. The lowest BCUT2D eigenvalue weighted by molar-refractivity contribution is -0.137. The Balaban J connectivity index is 1.67. The van der Waals surface area contributed by atoms with Crippen LogP contribution in [0.15, 0.2) is 29.3 Å². The van der Waals surface area contributed by atoms with Gasteiger partial charge in [0.15, 0.2) is 0 Å². The highest BCUT2D eigenvalue weighted by Gasteiger charge is 2.33. The maximum Gasteiger partial charge on any atom is 0.265 e. The van der Waals surface area contributed by atoms with Crippen molar-refractivity contribution in [3.05, 3.63) is 30.1 Å². The van der Waals surface area contributed by atoms with E-state index in [1.807, 2.05) is 6.08 Å². The van der Waals surface area contributed by atoms with Crippen molar-refractivity contribution in [2.45, 2.75) is 24.2 Å². The molecule has 0 aromatic carbocycles. The van der Waals surface area contributed by atoms with Crippen LogP contribution < -0.4 is 5.73 Å². The second-order valence-corrected chi connectivity index (χ2v) is 8.68. The number of amides is 2. The summed E-state index contributed by atoms with van der Waals surface area (Å²) in [6, 6.07) is 1.30. The van der Waals surface area contributed by atoms with Crippen LogP contribution in [0.25, 0.3) is 0 Å². The summed E-state index contributed by atoms with van der Waals surface area (Å²) in [5.41, 5.74) is 5.40. The molecule has 0 saturated carbocycles. The fraction of sp³-hybridized carbons (Fsp3) is 0.529. The molecule has 1 aromatic rings. The Morgan fingerprint density at radius 1 is 1.15 bits per heavy atom. The summed E-state index contributed by atoms with van der Waals surface area (Å²) in [6.45, 7) is 1.26. The fourth-order valence-corrected chi connectivity index (χ4v) is 4.99. The molecular weight excluding hydrogens is 356 g/mol. The van der Waals surface area contributed by atoms with E-state index in [1.54, 1.807) is 11.9 Å². The number of aryl methyl sites for hydroxylation is 1. The standard InChI is InChI=1S/C17H24N4O4S/c1-19-12-14(11-15(19)16(18)22)26(24,25)21-9-7-20(8-10-21)17(23)13-5-3-2-4-6-13/h2-3,11-13H,4-10H2,1H3,(H2,18,22). The highest BCUT2D eigenvalue weighted by Crippen LogP contribution is 2.23. The predicted octanol–water partition coefficient (Wildman–Crippen LogP) is 0.313. The van der Waals surface area contributed by atoms with Crippen molar-refractivity contribution in [1.82, 2.24) is 13.8 Å². The third-order valence-electron chi connectivity index (χ3n) is 5.04. The van der Waals surface area contributed by atoms with E-state index in [0.29, 0.717) is 13.1 Å². The summed E-state index contributed by atoms with van der Waals surface area (Å²) in [6.07, 6.45) is 8.06. The molecule has 2 heterocycles. The molecule has 9 heteroatoms. The van der Waals surface area contributed by atoms with E-state index >= 15 is 0 Å². The van der Waals surface area contributed by atoms with E-state index in [1.165, 1.54) is 21.1 Å². The maximum atomic E-state index is 12.8. The van der Waals surface area contributed by atoms with E-state index in [2.05, 4.69) is 6.08 Å². The Morgan fingerprint density at radius 3 is 2.38 bits per heavy atom. The van der Waals surface area contributed by atoms with Crippen molar-refractivity contribution in [2.75, 3.05) is 26.2 Å². The minimum Gasteiger partial charge on any atom is -0.364 e. The number of nitrogens with two attached hydrogens (primary N) is 1. The highest BCUT2D eigenvalue weighted by atomic mass is 32.2. The smallest absolute Gasteiger partial charge is 0.265 e. The molecule has 0 spiro atoms. The number of sulfonamides is 1. The number of carbonyl (C=O) groups is 2. The van der Waals surface area contributed by atoms with Gasteiger partial charge in [-0.25, -0.2) is 8.42 Å². The molecule has 2 aliphatic rings. The van der Waals surface area contributed by atoms with Gasteiger partial charge < -0.3 is 15.2 Å². The van der Waals surface area contributed by atoms with Crippen LogP contribution in [-0.4, -0.2) is 60.2 Å². The van der Waals surface area contributed by atoms with E-state index in [-0.39, 0.29) is 35.5 Å². The van der Waals surface area contributed by atoms with Crippen molar-refractivity contribution in [1.29, 1.82) is 0 Å². The largest absolute Gasteiger partial charge is 0.364 e. The molecule has 1 unspecified atom stereocenters. The number of rotatable bonds is 4. The fourth-order valence-electron chi connectivity index (χ4n) is 3.49. The molecule has 2 amide bonds. The first-order valence-corrected chi connectivity index (χ1v) is 10.1. The van der Waals surface area contributed by atoms with E-state index in [9.17, 15) is 18.0 Å². The number of allylic oxidation sites excluding steroid dienone is 2. The summed E-state index contributed by atoms with van der Waals surface area (Å²) in [5, 5.41) is 0. The van der Waals surface area contributed by atoms with Crippen molar-refractivity contribution >= 4 is 21.8 Å². The summed E-state index contributed by atoms with van der Waals surface area (Å²) in [7, 11) is -2.14. The average Bonchev–Trinajstić information content (AvgIpc) is 3.05. The molecule has 3 rings (SSSR count). The molecule has 0 bridgehead atoms. The van der Waals surface area contributed by atoms with Gasteiger partial charge in [-0.2, -0.15) is 4.31 Å². The lowest BCUT2D eigenvalue weighted by Crippen LogP contribution is -2.51. The van der Waals surface area contributed by atoms with Gasteiger partial charge in [-0.05, 0) is 25.3 Å². The zero-order valence-electron chi connectivity index (χ0n) is 14.8. The third kappa shape index (κ3) is 3.54. The monoisotopic (exact) mass is 380 g/mol. The van der Waals surface area contributed by atoms with Crippen LogP contribution in [0.1, 0.15) is 29.8 Å². The average molecular weight is 380 g/mol. The number of piperazine rings is 1. The van der Waals surface area contributed by atoms with Crippen LogP contribution in [0.2, 0.25) is 0 Å². The van der Waals surface area contributed by atoms with Gasteiger partial charge in [0.1, 0.15) is 10.6 Å². The summed E-state index contributed by atoms with van der Waals surface area (Å²) >= 11 is 0. The minimum absolute atomic E-state index is 0.00963. The number of nitrogens with zero attached hydrogens (tertiary/aromatic N) is 3. The van der Waals surface area contributed by atoms with Gasteiger partial charge in [0.2, 0.25) is 15.9 Å². The van der Waals surface area contributed by atoms with Gasteiger partial charge in [-0.15, -0.1) is 0 Å². The molecule has 1 aliphatic carbocycles. The molecule has 1 saturated heterocycles. The number of carbonyl (C=O) groups excluding carboxylic acids is 2. The van der Waals surface area contributed by atoms with Crippen molar-refractivity contribution < 1.29 is 18.0 Å². The van der Waals surface area contributed by atoms with Crippen LogP contribution in [0.3, 0.4) is 0 Å². The Morgan fingerprint density at radius 2 is 1.85 bits per heavy atom. The predicted molar refractivity (Wildman–Crippen MR) is 95.8 cm³/mol. The van der Waals surface area contributed by atoms with Gasteiger partial charge in [-0.1, -0.05) is 12.2 Å². The lowest BCUT2D eigenvalue weighted by Gasteiger charge is -2.35. The van der Waals surface area contributed by atoms with E-state index in [0.717, 1.165) is 19.3 Å². The number of aromatic nitrogens is 1. The van der Waals surface area contributed by atoms with Gasteiger partial charge in [-0.3, -0.25) is 9.59 Å². The molecule has 26 heavy (non-hydrogen) atoms. The molecule has 8 nitrogen and oxygen atoms in total. The maximum absolute atomic E-state index is 12.8. The molecule has 1 aromatic heterocycles. The van der Waals surface area contributed by atoms with Crippen LogP contribution in [0.5, 0.6) is 0 Å². The first-order chi connectivity index (χ1) is 12.3. The highest BCUT2D eigenvalue weighted by molar-refractivity contribution is 7.89. The van der Waals surface area contributed by atoms with E-state index < -0.39 is 15.9 Å². The third-order valence-corrected chi connectivity index (χ3v) is 6.90. The van der Waals surface area contributed by atoms with Gasteiger partial charge in [0, 0.05) is 45.3 Å². The molecule has 1 aliphatic heterocycles. The molecule has 0 radical (unpaired) electrons. The first-order valence-electron chi connectivity index (χ1n) is 8.71. The summed E-state index contributed by atoms with van der Waals surface area (Å²) in [4.78, 5) is 25.7. The Kier molecular flexibility index (Phi) is 5.19. The van der Waals surface area contributed by atoms with Gasteiger partial charge in [0.25, 0.3) is 5.91 Å². The zero-order valence-corrected chi connectivity index (χ0v) is 15.6. The Bertz CT molecular complexity index is 835. The molecule has 142 valence electrons. The minimum atomic E-state index is -3.72. The molecule has 2 N–H and O–H groups in total. The SMILES string of the molecule is Cn1cc(S(=O)(=O)N2CCN(C(=O)C3CC=CCC3)CC2)cc1C(N)=O. The van der Waals surface area contributed by atoms with Gasteiger partial charge >= 0.3 is 0 Å². The lowest BCUT2D eigenvalue weighted by atomic mass is 9.93. The van der Waals surface area contributed by atoms with E-state index in [4.69, 9.17) is 5.73 Å².